The van der Waals surface area contributed by atoms with Crippen LogP contribution in [0.1, 0.15) is 25.0 Å². The van der Waals surface area contributed by atoms with Crippen LogP contribution < -0.4 is 10.1 Å². The summed E-state index contributed by atoms with van der Waals surface area (Å²) in [5.41, 5.74) is 2.11. The average Bonchev–Trinajstić information content (AvgIpc) is 2.47. The minimum absolute atomic E-state index is 0.483. The Morgan fingerprint density at radius 2 is 2.00 bits per heavy atom. The van der Waals surface area contributed by atoms with Crippen molar-refractivity contribution in [1.82, 2.24) is 9.97 Å². The molecule has 1 aromatic heterocycles. The van der Waals surface area contributed by atoms with E-state index in [9.17, 15) is 0 Å². The fourth-order valence-electron chi connectivity index (χ4n) is 1.92. The number of benzene rings is 1. The molecule has 0 amide bonds. The number of nitrogens with zero attached hydrogens (tertiary/aromatic N) is 2. The van der Waals surface area contributed by atoms with E-state index in [0.717, 1.165) is 34.4 Å². The highest BCUT2D eigenvalue weighted by Gasteiger charge is 2.11. The first-order valence-corrected chi connectivity index (χ1v) is 7.49. The zero-order chi connectivity index (χ0) is 14.4. The number of ether oxygens (including phenoxy) is 1. The highest BCUT2D eigenvalue weighted by molar-refractivity contribution is 9.10. The van der Waals surface area contributed by atoms with E-state index in [1.54, 1.807) is 0 Å². The molecule has 0 saturated heterocycles. The quantitative estimate of drug-likeness (QED) is 0.871. The summed E-state index contributed by atoms with van der Waals surface area (Å²) in [7, 11) is 0. The number of hydrogen-bond donors (Lipinski definition) is 1. The highest BCUT2D eigenvalue weighted by atomic mass is 79.9. The van der Waals surface area contributed by atoms with Crippen LogP contribution in [0.2, 0.25) is 0 Å². The Morgan fingerprint density at radius 3 is 2.70 bits per heavy atom. The van der Waals surface area contributed by atoms with Gasteiger partial charge in [-0.25, -0.2) is 9.97 Å². The van der Waals surface area contributed by atoms with Crippen LogP contribution >= 0.6 is 15.9 Å². The molecule has 1 aromatic carbocycles. The molecular weight excluding hydrogens is 318 g/mol. The monoisotopic (exact) mass is 335 g/mol. The molecule has 0 aliphatic heterocycles. The number of anilines is 1. The molecule has 4 nitrogen and oxygen atoms in total. The van der Waals surface area contributed by atoms with Crippen molar-refractivity contribution >= 4 is 21.7 Å². The number of nitrogens with one attached hydrogen (secondary N) is 1. The summed E-state index contributed by atoms with van der Waals surface area (Å²) in [5, 5.41) is 3.24. The Bertz CT molecular complexity index is 575. The minimum atomic E-state index is 0.483. The van der Waals surface area contributed by atoms with Gasteiger partial charge in [0.2, 0.25) is 5.88 Å². The largest absolute Gasteiger partial charge is 0.472 e. The van der Waals surface area contributed by atoms with Crippen LogP contribution in [0.25, 0.3) is 0 Å². The summed E-state index contributed by atoms with van der Waals surface area (Å²) in [4.78, 5) is 8.51. The molecule has 2 rings (SSSR count). The number of hydrogen-bond acceptors (Lipinski definition) is 4. The molecule has 1 heterocycles. The van der Waals surface area contributed by atoms with Gasteiger partial charge in [-0.3, -0.25) is 0 Å². The summed E-state index contributed by atoms with van der Waals surface area (Å²) in [6, 6.07) is 8.01. The van der Waals surface area contributed by atoms with Crippen LogP contribution in [0.4, 0.5) is 5.82 Å². The van der Waals surface area contributed by atoms with Gasteiger partial charge in [-0.15, -0.1) is 0 Å². The van der Waals surface area contributed by atoms with Crippen LogP contribution in [0.15, 0.2) is 35.1 Å². The van der Waals surface area contributed by atoms with E-state index in [1.807, 2.05) is 31.2 Å². The van der Waals surface area contributed by atoms with E-state index in [4.69, 9.17) is 4.74 Å². The van der Waals surface area contributed by atoms with E-state index in [1.165, 1.54) is 6.33 Å². The third-order valence-corrected chi connectivity index (χ3v) is 3.70. The maximum absolute atomic E-state index is 5.86. The van der Waals surface area contributed by atoms with Gasteiger partial charge in [0.1, 0.15) is 18.8 Å². The van der Waals surface area contributed by atoms with Crippen molar-refractivity contribution in [3.05, 3.63) is 46.2 Å². The molecule has 5 heteroatoms. The average molecular weight is 336 g/mol. The summed E-state index contributed by atoms with van der Waals surface area (Å²) >= 11 is 3.52. The van der Waals surface area contributed by atoms with Crippen LogP contribution in [-0.2, 0) is 13.0 Å². The molecule has 0 fully saturated rings. The lowest BCUT2D eigenvalue weighted by Crippen LogP contribution is -2.07. The van der Waals surface area contributed by atoms with Crippen molar-refractivity contribution in [3.8, 4) is 5.88 Å². The van der Waals surface area contributed by atoms with Crippen molar-refractivity contribution in [1.29, 1.82) is 0 Å². The summed E-state index contributed by atoms with van der Waals surface area (Å²) in [6.07, 6.45) is 2.36. The Balaban J connectivity index is 2.17. The maximum atomic E-state index is 5.86. The zero-order valence-corrected chi connectivity index (χ0v) is 13.3. The number of rotatable bonds is 6. The Hall–Kier alpha value is -1.62. The molecule has 0 aliphatic carbocycles. The van der Waals surface area contributed by atoms with E-state index in [0.29, 0.717) is 12.5 Å². The van der Waals surface area contributed by atoms with Gasteiger partial charge in [0.25, 0.3) is 0 Å². The van der Waals surface area contributed by atoms with E-state index >= 15 is 0 Å². The zero-order valence-electron chi connectivity index (χ0n) is 11.7. The topological polar surface area (TPSA) is 47.0 Å². The molecule has 0 saturated carbocycles. The van der Waals surface area contributed by atoms with Crippen molar-refractivity contribution < 1.29 is 4.74 Å². The second kappa shape index (κ2) is 7.24. The molecule has 1 N–H and O–H groups in total. The lowest BCUT2D eigenvalue weighted by Gasteiger charge is -2.13. The molecular formula is C15H18BrN3O. The lowest BCUT2D eigenvalue weighted by molar-refractivity contribution is 0.289. The predicted octanol–water partition coefficient (Wildman–Crippen LogP) is 3.81. The molecule has 106 valence electrons. The third-order valence-electron chi connectivity index (χ3n) is 2.93. The molecule has 2 aromatic rings. The molecule has 0 spiro atoms. The van der Waals surface area contributed by atoms with Gasteiger partial charge < -0.3 is 10.1 Å². The van der Waals surface area contributed by atoms with Gasteiger partial charge in [0, 0.05) is 16.6 Å². The number of aromatic nitrogens is 2. The van der Waals surface area contributed by atoms with Gasteiger partial charge in [0.15, 0.2) is 0 Å². The molecule has 0 atom stereocenters. The van der Waals surface area contributed by atoms with Gasteiger partial charge >= 0.3 is 0 Å². The normalized spacial score (nSPS) is 10.3. The first kappa shape index (κ1) is 14.8. The SMILES string of the molecule is CCNc1ncnc(OCc2ccccc2Br)c1CC. The number of halogens is 1. The Labute approximate surface area is 127 Å². The van der Waals surface area contributed by atoms with Crippen molar-refractivity contribution in [2.75, 3.05) is 11.9 Å². The van der Waals surface area contributed by atoms with Gasteiger partial charge in [-0.2, -0.15) is 0 Å². The second-order valence-electron chi connectivity index (χ2n) is 4.27. The van der Waals surface area contributed by atoms with Gasteiger partial charge in [0.05, 0.1) is 5.56 Å². The highest BCUT2D eigenvalue weighted by Crippen LogP contribution is 2.24. The smallest absolute Gasteiger partial charge is 0.222 e. The fraction of sp³-hybridized carbons (Fsp3) is 0.333. The van der Waals surface area contributed by atoms with Crippen molar-refractivity contribution in [2.24, 2.45) is 0 Å². The molecule has 0 aliphatic rings. The predicted molar refractivity (Wildman–Crippen MR) is 84.0 cm³/mol. The van der Waals surface area contributed by atoms with Crippen molar-refractivity contribution in [3.63, 3.8) is 0 Å². The summed E-state index contributed by atoms with van der Waals surface area (Å²) in [5.74, 6) is 1.50. The van der Waals surface area contributed by atoms with E-state index in [-0.39, 0.29) is 0 Å². The summed E-state index contributed by atoms with van der Waals surface area (Å²) < 4.78 is 6.90. The van der Waals surface area contributed by atoms with Crippen LogP contribution in [-0.4, -0.2) is 16.5 Å². The molecule has 0 unspecified atom stereocenters. The lowest BCUT2D eigenvalue weighted by atomic mass is 10.2. The van der Waals surface area contributed by atoms with Gasteiger partial charge in [-0.05, 0) is 19.4 Å². The van der Waals surface area contributed by atoms with Crippen LogP contribution in [0.5, 0.6) is 5.88 Å². The summed E-state index contributed by atoms with van der Waals surface area (Å²) in [6.45, 7) is 5.43. The van der Waals surface area contributed by atoms with E-state index < -0.39 is 0 Å². The fourth-order valence-corrected chi connectivity index (χ4v) is 2.32. The first-order valence-electron chi connectivity index (χ1n) is 6.70. The Morgan fingerprint density at radius 1 is 1.20 bits per heavy atom. The third kappa shape index (κ3) is 3.48. The molecule has 0 radical (unpaired) electrons. The van der Waals surface area contributed by atoms with Crippen LogP contribution in [0, 0.1) is 0 Å². The van der Waals surface area contributed by atoms with Gasteiger partial charge in [-0.1, -0.05) is 41.1 Å². The Kier molecular flexibility index (Phi) is 5.35. The van der Waals surface area contributed by atoms with E-state index in [2.05, 4.69) is 38.1 Å². The molecule has 0 bridgehead atoms. The van der Waals surface area contributed by atoms with Crippen molar-refractivity contribution in [2.45, 2.75) is 26.9 Å². The minimum Gasteiger partial charge on any atom is -0.472 e. The standard InChI is InChI=1S/C15H18BrN3O/c1-3-12-14(17-4-2)18-10-19-15(12)20-9-11-7-5-6-8-13(11)16/h5-8,10H,3-4,9H2,1-2H3,(H,17,18,19). The molecule has 20 heavy (non-hydrogen) atoms. The first-order chi connectivity index (χ1) is 9.76. The second-order valence-corrected chi connectivity index (χ2v) is 5.12. The maximum Gasteiger partial charge on any atom is 0.222 e. The van der Waals surface area contributed by atoms with Crippen LogP contribution in [0.3, 0.4) is 0 Å².